The van der Waals surface area contributed by atoms with E-state index in [1.54, 1.807) is 0 Å². The van der Waals surface area contributed by atoms with E-state index >= 15 is 0 Å². The second-order valence-corrected chi connectivity index (χ2v) is 7.13. The van der Waals surface area contributed by atoms with Gasteiger partial charge in [-0.15, -0.1) is 0 Å². The van der Waals surface area contributed by atoms with Gasteiger partial charge in [-0.3, -0.25) is 0 Å². The second kappa shape index (κ2) is 8.67. The molecule has 1 saturated heterocycles. The van der Waals surface area contributed by atoms with Gasteiger partial charge in [-0.05, 0) is 63.3 Å². The van der Waals surface area contributed by atoms with Crippen LogP contribution in [0.15, 0.2) is 24.3 Å². The first kappa shape index (κ1) is 18.2. The molecule has 4 nitrogen and oxygen atoms in total. The van der Waals surface area contributed by atoms with Crippen LogP contribution in [0.3, 0.4) is 0 Å². The van der Waals surface area contributed by atoms with Crippen molar-refractivity contribution in [3.8, 4) is 0 Å². The van der Waals surface area contributed by atoms with Gasteiger partial charge in [-0.2, -0.15) is 0 Å². The zero-order valence-corrected chi connectivity index (χ0v) is 14.7. The minimum atomic E-state index is -0.232. The number of hydrogen-bond donors (Lipinski definition) is 3. The van der Waals surface area contributed by atoms with E-state index in [9.17, 15) is 10.2 Å². The van der Waals surface area contributed by atoms with E-state index in [1.807, 2.05) is 6.92 Å². The first-order valence-corrected chi connectivity index (χ1v) is 8.90. The molecule has 1 aliphatic heterocycles. The van der Waals surface area contributed by atoms with Crippen molar-refractivity contribution >= 4 is 5.69 Å². The summed E-state index contributed by atoms with van der Waals surface area (Å²) < 4.78 is 0. The summed E-state index contributed by atoms with van der Waals surface area (Å²) in [5.74, 6) is 0.469. The van der Waals surface area contributed by atoms with Crippen LogP contribution < -0.4 is 10.2 Å². The number of aliphatic hydroxyl groups excluding tert-OH is 2. The molecule has 2 rings (SSSR count). The lowest BCUT2D eigenvalue weighted by Gasteiger charge is -2.31. The van der Waals surface area contributed by atoms with Gasteiger partial charge in [0, 0.05) is 24.8 Å². The molecule has 0 amide bonds. The van der Waals surface area contributed by atoms with Crippen molar-refractivity contribution in [3.05, 3.63) is 29.8 Å². The molecule has 23 heavy (non-hydrogen) atoms. The fourth-order valence-corrected chi connectivity index (χ4v) is 3.26. The first-order valence-electron chi connectivity index (χ1n) is 8.90. The molecule has 0 saturated carbocycles. The van der Waals surface area contributed by atoms with Gasteiger partial charge in [0.2, 0.25) is 0 Å². The molecule has 1 aliphatic rings. The summed E-state index contributed by atoms with van der Waals surface area (Å²) in [7, 11) is 0. The smallest absolute Gasteiger partial charge is 0.0574 e. The Labute approximate surface area is 140 Å². The van der Waals surface area contributed by atoms with Crippen LogP contribution in [-0.2, 0) is 0 Å². The summed E-state index contributed by atoms with van der Waals surface area (Å²) in [5, 5.41) is 22.6. The van der Waals surface area contributed by atoms with E-state index in [-0.39, 0.29) is 12.2 Å². The molecule has 0 aliphatic carbocycles. The molecule has 3 atom stereocenters. The summed E-state index contributed by atoms with van der Waals surface area (Å²) in [5.41, 5.74) is 2.53. The Balaban J connectivity index is 1.84. The highest BCUT2D eigenvalue weighted by Crippen LogP contribution is 2.22. The van der Waals surface area contributed by atoms with E-state index in [1.165, 1.54) is 11.3 Å². The lowest BCUT2D eigenvalue weighted by Crippen LogP contribution is -2.35. The second-order valence-electron chi connectivity index (χ2n) is 7.13. The number of hydrogen-bond acceptors (Lipinski definition) is 4. The molecule has 1 aromatic carbocycles. The highest BCUT2D eigenvalue weighted by molar-refractivity contribution is 5.48. The number of nitrogens with zero attached hydrogens (tertiary/aromatic N) is 1. The summed E-state index contributed by atoms with van der Waals surface area (Å²) >= 11 is 0. The van der Waals surface area contributed by atoms with E-state index < -0.39 is 0 Å². The van der Waals surface area contributed by atoms with Gasteiger partial charge in [-0.1, -0.05) is 19.1 Å². The molecule has 4 heteroatoms. The molecule has 3 unspecified atom stereocenters. The van der Waals surface area contributed by atoms with Crippen molar-refractivity contribution in [1.29, 1.82) is 0 Å². The normalized spacial score (nSPS) is 20.3. The van der Waals surface area contributed by atoms with Gasteiger partial charge in [-0.25, -0.2) is 0 Å². The molecule has 0 radical (unpaired) electrons. The summed E-state index contributed by atoms with van der Waals surface area (Å²) in [6.07, 6.45) is 2.20. The summed E-state index contributed by atoms with van der Waals surface area (Å²) in [4.78, 5) is 2.35. The average molecular weight is 320 g/mol. The number of aliphatic hydroxyl groups is 2. The fourth-order valence-electron chi connectivity index (χ4n) is 3.26. The SMILES string of the molecule is CC(O)CC(C)CNC(C)c1ccc(N2CCC(O)CC2)cc1. The first-order chi connectivity index (χ1) is 11.0. The monoisotopic (exact) mass is 320 g/mol. The lowest BCUT2D eigenvalue weighted by molar-refractivity contribution is 0.145. The quantitative estimate of drug-likeness (QED) is 0.723. The van der Waals surface area contributed by atoms with Crippen molar-refractivity contribution in [2.45, 2.75) is 58.3 Å². The number of piperidine rings is 1. The third kappa shape index (κ3) is 5.79. The van der Waals surface area contributed by atoms with Crippen molar-refractivity contribution < 1.29 is 10.2 Å². The van der Waals surface area contributed by atoms with Gasteiger partial charge >= 0.3 is 0 Å². The molecule has 3 N–H and O–H groups in total. The third-order valence-corrected chi connectivity index (χ3v) is 4.74. The number of nitrogens with one attached hydrogen (secondary N) is 1. The largest absolute Gasteiger partial charge is 0.393 e. The Hall–Kier alpha value is -1.10. The zero-order chi connectivity index (χ0) is 16.8. The van der Waals surface area contributed by atoms with Crippen LogP contribution in [0, 0.1) is 5.92 Å². The summed E-state index contributed by atoms with van der Waals surface area (Å²) in [6.45, 7) is 8.98. The Kier molecular flexibility index (Phi) is 6.88. The molecule has 1 heterocycles. The Morgan fingerprint density at radius 1 is 1.13 bits per heavy atom. The number of anilines is 1. The number of benzene rings is 1. The van der Waals surface area contributed by atoms with Crippen LogP contribution in [0.5, 0.6) is 0 Å². The van der Waals surface area contributed by atoms with Crippen LogP contribution in [0.2, 0.25) is 0 Å². The lowest BCUT2D eigenvalue weighted by atomic mass is 10.0. The van der Waals surface area contributed by atoms with Gasteiger partial charge in [0.1, 0.15) is 0 Å². The predicted molar refractivity (Wildman–Crippen MR) is 95.8 cm³/mol. The topological polar surface area (TPSA) is 55.7 Å². The summed E-state index contributed by atoms with van der Waals surface area (Å²) in [6, 6.07) is 9.06. The highest BCUT2D eigenvalue weighted by atomic mass is 16.3. The molecule has 1 aromatic rings. The van der Waals surface area contributed by atoms with Crippen LogP contribution >= 0.6 is 0 Å². The van der Waals surface area contributed by atoms with Crippen LogP contribution in [-0.4, -0.2) is 42.1 Å². The standard InChI is InChI=1S/C19H32N2O2/c1-14(12-15(2)22)13-20-16(3)17-4-6-18(7-5-17)21-10-8-19(23)9-11-21/h4-7,14-16,19-20,22-23H,8-13H2,1-3H3. The van der Waals surface area contributed by atoms with E-state index in [2.05, 4.69) is 48.3 Å². The van der Waals surface area contributed by atoms with Crippen molar-refractivity contribution in [1.82, 2.24) is 5.32 Å². The fraction of sp³-hybridized carbons (Fsp3) is 0.684. The van der Waals surface area contributed by atoms with Crippen LogP contribution in [0.25, 0.3) is 0 Å². The minimum absolute atomic E-state index is 0.127. The number of rotatable bonds is 7. The Morgan fingerprint density at radius 3 is 2.30 bits per heavy atom. The van der Waals surface area contributed by atoms with Gasteiger partial charge < -0.3 is 20.4 Å². The maximum Gasteiger partial charge on any atom is 0.0574 e. The molecule has 0 bridgehead atoms. The maximum atomic E-state index is 9.60. The predicted octanol–water partition coefficient (Wildman–Crippen LogP) is 2.71. The average Bonchev–Trinajstić information content (AvgIpc) is 2.53. The van der Waals surface area contributed by atoms with E-state index in [0.29, 0.717) is 12.0 Å². The van der Waals surface area contributed by atoms with E-state index in [4.69, 9.17) is 0 Å². The molecule has 0 aromatic heterocycles. The molecule has 130 valence electrons. The van der Waals surface area contributed by atoms with Crippen molar-refractivity contribution in [2.75, 3.05) is 24.5 Å². The molecule has 1 fully saturated rings. The van der Waals surface area contributed by atoms with Crippen LogP contribution in [0.1, 0.15) is 51.6 Å². The van der Waals surface area contributed by atoms with Gasteiger partial charge in [0.25, 0.3) is 0 Å². The van der Waals surface area contributed by atoms with E-state index in [0.717, 1.165) is 38.9 Å². The van der Waals surface area contributed by atoms with Crippen molar-refractivity contribution in [2.24, 2.45) is 5.92 Å². The minimum Gasteiger partial charge on any atom is -0.393 e. The highest BCUT2D eigenvalue weighted by Gasteiger charge is 2.17. The van der Waals surface area contributed by atoms with Gasteiger partial charge in [0.15, 0.2) is 0 Å². The Bertz CT molecular complexity index is 453. The molecular weight excluding hydrogens is 288 g/mol. The Morgan fingerprint density at radius 2 is 1.74 bits per heavy atom. The third-order valence-electron chi connectivity index (χ3n) is 4.74. The van der Waals surface area contributed by atoms with Crippen molar-refractivity contribution in [3.63, 3.8) is 0 Å². The maximum absolute atomic E-state index is 9.60. The molecule has 0 spiro atoms. The van der Waals surface area contributed by atoms with Gasteiger partial charge in [0.05, 0.1) is 12.2 Å². The molecular formula is C19H32N2O2. The van der Waals surface area contributed by atoms with Crippen LogP contribution in [0.4, 0.5) is 5.69 Å². The zero-order valence-electron chi connectivity index (χ0n) is 14.7.